The summed E-state index contributed by atoms with van der Waals surface area (Å²) in [7, 11) is 0. The molecule has 2 amide bonds. The maximum atomic E-state index is 13.9. The van der Waals surface area contributed by atoms with Crippen LogP contribution in [0, 0.1) is 5.82 Å². The van der Waals surface area contributed by atoms with Gasteiger partial charge in [0.25, 0.3) is 5.91 Å². The van der Waals surface area contributed by atoms with Crippen molar-refractivity contribution < 1.29 is 14.0 Å². The summed E-state index contributed by atoms with van der Waals surface area (Å²) in [5.41, 5.74) is 2.99. The molecular formula is C25H24ClFN2O2. The molecule has 0 fully saturated rings. The number of anilines is 2. The zero-order valence-corrected chi connectivity index (χ0v) is 18.4. The Morgan fingerprint density at radius 1 is 0.903 bits per heavy atom. The monoisotopic (exact) mass is 438 g/mol. The van der Waals surface area contributed by atoms with Crippen LogP contribution in [-0.2, 0) is 16.6 Å². The molecule has 0 heterocycles. The smallest absolute Gasteiger partial charge is 0.255 e. The van der Waals surface area contributed by atoms with E-state index >= 15 is 0 Å². The number of benzene rings is 3. The summed E-state index contributed by atoms with van der Waals surface area (Å²) in [5, 5.41) is 5.83. The molecule has 0 saturated carbocycles. The van der Waals surface area contributed by atoms with E-state index in [2.05, 4.69) is 31.4 Å². The standard InChI is InChI=1S/C25H24ClFN2O2/c1-25(2,3)18-10-7-16(8-11-18)24(31)29-21-6-4-5-20(15-21)28-23(30)13-17-9-12-19(26)14-22(17)27/h4-12,14-15H,13H2,1-3H3,(H,28,30)(H,29,31). The first-order valence-corrected chi connectivity index (χ1v) is 10.3. The summed E-state index contributed by atoms with van der Waals surface area (Å²) in [4.78, 5) is 24.9. The molecule has 0 spiro atoms. The number of nitrogens with one attached hydrogen (secondary N) is 2. The highest BCUT2D eigenvalue weighted by atomic mass is 35.5. The van der Waals surface area contributed by atoms with Crippen LogP contribution < -0.4 is 10.6 Å². The summed E-state index contributed by atoms with van der Waals surface area (Å²) in [6.07, 6.45) is -0.125. The number of amides is 2. The molecule has 0 saturated heterocycles. The third kappa shape index (κ3) is 6.15. The zero-order chi connectivity index (χ0) is 22.6. The summed E-state index contributed by atoms with van der Waals surface area (Å²) < 4.78 is 13.9. The van der Waals surface area contributed by atoms with Gasteiger partial charge in [-0.1, -0.05) is 56.6 Å². The van der Waals surface area contributed by atoms with Crippen LogP contribution in [0.1, 0.15) is 42.3 Å². The van der Waals surface area contributed by atoms with Crippen LogP contribution in [-0.4, -0.2) is 11.8 Å². The third-order valence-electron chi connectivity index (χ3n) is 4.78. The fraction of sp³-hybridized carbons (Fsp3) is 0.200. The molecule has 31 heavy (non-hydrogen) atoms. The number of hydrogen-bond donors (Lipinski definition) is 2. The summed E-state index contributed by atoms with van der Waals surface area (Å²) in [6, 6.07) is 18.5. The van der Waals surface area contributed by atoms with Crippen molar-refractivity contribution in [2.24, 2.45) is 0 Å². The van der Waals surface area contributed by atoms with E-state index in [-0.39, 0.29) is 34.2 Å². The molecule has 0 aliphatic heterocycles. The normalized spacial score (nSPS) is 11.1. The molecule has 0 aliphatic carbocycles. The quantitative estimate of drug-likeness (QED) is 0.497. The molecular weight excluding hydrogens is 415 g/mol. The Kier molecular flexibility index (Phi) is 6.76. The van der Waals surface area contributed by atoms with Gasteiger partial charge in [0.1, 0.15) is 5.82 Å². The van der Waals surface area contributed by atoms with Crippen LogP contribution in [0.4, 0.5) is 15.8 Å². The topological polar surface area (TPSA) is 58.2 Å². The van der Waals surface area contributed by atoms with Crippen molar-refractivity contribution in [3.8, 4) is 0 Å². The lowest BCUT2D eigenvalue weighted by molar-refractivity contribution is -0.115. The van der Waals surface area contributed by atoms with Crippen LogP contribution in [0.25, 0.3) is 0 Å². The van der Waals surface area contributed by atoms with Crippen molar-refractivity contribution in [3.63, 3.8) is 0 Å². The minimum atomic E-state index is -0.527. The van der Waals surface area contributed by atoms with Gasteiger partial charge in [-0.25, -0.2) is 4.39 Å². The average Bonchev–Trinajstić information content (AvgIpc) is 2.70. The van der Waals surface area contributed by atoms with Crippen molar-refractivity contribution in [2.75, 3.05) is 10.6 Å². The molecule has 3 aromatic carbocycles. The molecule has 6 heteroatoms. The average molecular weight is 439 g/mol. The first kappa shape index (κ1) is 22.5. The van der Waals surface area contributed by atoms with Crippen molar-refractivity contribution in [2.45, 2.75) is 32.6 Å². The second kappa shape index (κ2) is 9.31. The minimum absolute atomic E-state index is 0.0104. The molecule has 0 radical (unpaired) electrons. The van der Waals surface area contributed by atoms with E-state index in [4.69, 9.17) is 11.6 Å². The van der Waals surface area contributed by atoms with Gasteiger partial charge in [0.15, 0.2) is 0 Å². The van der Waals surface area contributed by atoms with Crippen molar-refractivity contribution in [3.05, 3.63) is 94.3 Å². The third-order valence-corrected chi connectivity index (χ3v) is 5.02. The molecule has 160 valence electrons. The summed E-state index contributed by atoms with van der Waals surface area (Å²) >= 11 is 5.74. The number of halogens is 2. The Hall–Kier alpha value is -3.18. The van der Waals surface area contributed by atoms with E-state index in [1.54, 1.807) is 36.4 Å². The van der Waals surface area contributed by atoms with E-state index in [1.807, 2.05) is 12.1 Å². The Balaban J connectivity index is 1.64. The molecule has 3 rings (SSSR count). The van der Waals surface area contributed by atoms with Crippen molar-refractivity contribution in [1.29, 1.82) is 0 Å². The van der Waals surface area contributed by atoms with Crippen LogP contribution in [0.3, 0.4) is 0 Å². The first-order valence-electron chi connectivity index (χ1n) is 9.87. The van der Waals surface area contributed by atoms with Gasteiger partial charge in [-0.3, -0.25) is 9.59 Å². The first-order chi connectivity index (χ1) is 14.6. The van der Waals surface area contributed by atoms with E-state index in [0.717, 1.165) is 5.56 Å². The second-order valence-electron chi connectivity index (χ2n) is 8.32. The summed E-state index contributed by atoms with van der Waals surface area (Å²) in [5.74, 6) is -1.14. The predicted molar refractivity (Wildman–Crippen MR) is 123 cm³/mol. The van der Waals surface area contributed by atoms with E-state index in [1.165, 1.54) is 18.2 Å². The van der Waals surface area contributed by atoms with Gasteiger partial charge in [0.05, 0.1) is 6.42 Å². The van der Waals surface area contributed by atoms with Crippen LogP contribution in [0.2, 0.25) is 5.02 Å². The molecule has 0 aromatic heterocycles. The van der Waals surface area contributed by atoms with Crippen LogP contribution in [0.5, 0.6) is 0 Å². The van der Waals surface area contributed by atoms with Gasteiger partial charge < -0.3 is 10.6 Å². The molecule has 0 atom stereocenters. The molecule has 0 bridgehead atoms. The van der Waals surface area contributed by atoms with Gasteiger partial charge in [0, 0.05) is 22.0 Å². The van der Waals surface area contributed by atoms with E-state index in [0.29, 0.717) is 16.9 Å². The zero-order valence-electron chi connectivity index (χ0n) is 17.6. The van der Waals surface area contributed by atoms with Crippen molar-refractivity contribution >= 4 is 34.8 Å². The van der Waals surface area contributed by atoms with Gasteiger partial charge in [-0.05, 0) is 59.0 Å². The van der Waals surface area contributed by atoms with Crippen molar-refractivity contribution in [1.82, 2.24) is 0 Å². The van der Waals surface area contributed by atoms with Crippen LogP contribution in [0.15, 0.2) is 66.7 Å². The summed E-state index contributed by atoms with van der Waals surface area (Å²) in [6.45, 7) is 6.34. The predicted octanol–water partition coefficient (Wildman–Crippen LogP) is 6.21. The highest BCUT2D eigenvalue weighted by Gasteiger charge is 2.15. The second-order valence-corrected chi connectivity index (χ2v) is 8.76. The maximum absolute atomic E-state index is 13.9. The Morgan fingerprint density at radius 3 is 2.16 bits per heavy atom. The van der Waals surface area contributed by atoms with Gasteiger partial charge >= 0.3 is 0 Å². The molecule has 0 aliphatic rings. The number of carbonyl (C=O) groups excluding carboxylic acids is 2. The van der Waals surface area contributed by atoms with E-state index in [9.17, 15) is 14.0 Å². The molecule has 3 aromatic rings. The number of carbonyl (C=O) groups is 2. The highest BCUT2D eigenvalue weighted by Crippen LogP contribution is 2.23. The van der Waals surface area contributed by atoms with Gasteiger partial charge in [-0.2, -0.15) is 0 Å². The maximum Gasteiger partial charge on any atom is 0.255 e. The highest BCUT2D eigenvalue weighted by molar-refractivity contribution is 6.30. The van der Waals surface area contributed by atoms with Crippen LogP contribution >= 0.6 is 11.6 Å². The Morgan fingerprint density at radius 2 is 1.55 bits per heavy atom. The Labute approximate surface area is 186 Å². The fourth-order valence-electron chi connectivity index (χ4n) is 3.04. The molecule has 2 N–H and O–H groups in total. The lowest BCUT2D eigenvalue weighted by Crippen LogP contribution is -2.16. The van der Waals surface area contributed by atoms with Gasteiger partial charge in [0.2, 0.25) is 5.91 Å². The lowest BCUT2D eigenvalue weighted by Gasteiger charge is -2.19. The SMILES string of the molecule is CC(C)(C)c1ccc(C(=O)Nc2cccc(NC(=O)Cc3ccc(Cl)cc3F)c2)cc1. The Bertz CT molecular complexity index is 1110. The van der Waals surface area contributed by atoms with Gasteiger partial charge in [-0.15, -0.1) is 0 Å². The van der Waals surface area contributed by atoms with E-state index < -0.39 is 5.82 Å². The molecule has 4 nitrogen and oxygen atoms in total. The molecule has 0 unspecified atom stereocenters. The minimum Gasteiger partial charge on any atom is -0.326 e. The lowest BCUT2D eigenvalue weighted by atomic mass is 9.87. The largest absolute Gasteiger partial charge is 0.326 e. The number of rotatable bonds is 5. The fourth-order valence-corrected chi connectivity index (χ4v) is 3.20. The number of hydrogen-bond acceptors (Lipinski definition) is 2.